The van der Waals surface area contributed by atoms with Crippen LogP contribution in [0.2, 0.25) is 0 Å². The van der Waals surface area contributed by atoms with Gasteiger partial charge in [0, 0.05) is 24.5 Å². The fraction of sp³-hybridized carbons (Fsp3) is 0.400. The highest BCUT2D eigenvalue weighted by Gasteiger charge is 2.36. The van der Waals surface area contributed by atoms with Crippen LogP contribution < -0.4 is 10.6 Å². The van der Waals surface area contributed by atoms with Gasteiger partial charge >= 0.3 is 12.2 Å². The summed E-state index contributed by atoms with van der Waals surface area (Å²) in [7, 11) is 0. The van der Waals surface area contributed by atoms with E-state index in [4.69, 9.17) is 9.47 Å². The van der Waals surface area contributed by atoms with Crippen LogP contribution in [0.15, 0.2) is 48.5 Å². The molecular formula is C30H36N4O6. The van der Waals surface area contributed by atoms with E-state index >= 15 is 0 Å². The Bertz CT molecular complexity index is 1130. The fourth-order valence-corrected chi connectivity index (χ4v) is 4.93. The summed E-state index contributed by atoms with van der Waals surface area (Å²) in [5.41, 5.74) is 3.21. The van der Waals surface area contributed by atoms with Gasteiger partial charge in [-0.25, -0.2) is 9.59 Å². The average Bonchev–Trinajstić information content (AvgIpc) is 3.64. The zero-order valence-electron chi connectivity index (χ0n) is 22.9. The SMILES string of the molecule is CCOC(=O)N1CCC[C@H]1C(=O)Nc1ccc(C=Cc2ccc(NC(=O)[C@@H]3CCCN3C(=O)OCC)cc2)cc1. The third kappa shape index (κ3) is 7.19. The standard InChI is InChI=1S/C30H36N4O6/c1-3-39-29(37)33-19-5-7-25(33)27(35)31-23-15-11-21(12-16-23)9-10-22-13-17-24(18-14-22)32-28(36)26-8-6-20-34(26)30(38)40-4-2/h9-18,25-26H,3-8,19-20H2,1-2H3,(H,31,35)(H,32,36)/t25-,26-/m0/s1. The predicted molar refractivity (Wildman–Crippen MR) is 153 cm³/mol. The van der Waals surface area contributed by atoms with Gasteiger partial charge in [-0.1, -0.05) is 36.4 Å². The molecule has 0 aromatic heterocycles. The fourth-order valence-electron chi connectivity index (χ4n) is 4.93. The largest absolute Gasteiger partial charge is 0.450 e. The minimum Gasteiger partial charge on any atom is -0.450 e. The predicted octanol–water partition coefficient (Wildman–Crippen LogP) is 4.98. The van der Waals surface area contributed by atoms with Gasteiger partial charge in [0.1, 0.15) is 12.1 Å². The van der Waals surface area contributed by atoms with Crippen molar-refractivity contribution < 1.29 is 28.7 Å². The van der Waals surface area contributed by atoms with E-state index in [1.807, 2.05) is 60.7 Å². The molecular weight excluding hydrogens is 512 g/mol. The molecule has 4 amide bonds. The van der Waals surface area contributed by atoms with Crippen molar-refractivity contribution in [2.75, 3.05) is 36.9 Å². The summed E-state index contributed by atoms with van der Waals surface area (Å²) in [6, 6.07) is 13.8. The third-order valence-electron chi connectivity index (χ3n) is 6.94. The second-order valence-electron chi connectivity index (χ2n) is 9.66. The summed E-state index contributed by atoms with van der Waals surface area (Å²) in [4.78, 5) is 52.7. The van der Waals surface area contributed by atoms with E-state index in [0.717, 1.165) is 24.0 Å². The molecule has 40 heavy (non-hydrogen) atoms. The van der Waals surface area contributed by atoms with Gasteiger partial charge in [-0.05, 0) is 74.9 Å². The van der Waals surface area contributed by atoms with Crippen LogP contribution >= 0.6 is 0 Å². The van der Waals surface area contributed by atoms with Crippen molar-refractivity contribution in [2.24, 2.45) is 0 Å². The van der Waals surface area contributed by atoms with Crippen LogP contribution in [-0.4, -0.2) is 72.2 Å². The van der Waals surface area contributed by atoms with Gasteiger partial charge in [-0.2, -0.15) is 0 Å². The molecule has 0 spiro atoms. The molecule has 2 fully saturated rings. The summed E-state index contributed by atoms with van der Waals surface area (Å²) in [5, 5.41) is 5.79. The first-order valence-electron chi connectivity index (χ1n) is 13.8. The Labute approximate surface area is 234 Å². The van der Waals surface area contributed by atoms with Crippen LogP contribution in [-0.2, 0) is 19.1 Å². The topological polar surface area (TPSA) is 117 Å². The van der Waals surface area contributed by atoms with Crippen molar-refractivity contribution >= 4 is 47.5 Å². The molecule has 2 saturated heterocycles. The second kappa shape index (κ2) is 13.6. The number of amides is 4. The van der Waals surface area contributed by atoms with Gasteiger partial charge in [0.15, 0.2) is 0 Å². The number of ether oxygens (including phenoxy) is 2. The third-order valence-corrected chi connectivity index (χ3v) is 6.94. The summed E-state index contributed by atoms with van der Waals surface area (Å²) in [6.07, 6.45) is 5.76. The molecule has 0 unspecified atom stereocenters. The molecule has 2 aromatic rings. The molecule has 0 bridgehead atoms. The Morgan fingerprint density at radius 3 is 1.43 bits per heavy atom. The number of likely N-dealkylation sites (tertiary alicyclic amines) is 2. The van der Waals surface area contributed by atoms with Crippen LogP contribution in [0.4, 0.5) is 21.0 Å². The highest BCUT2D eigenvalue weighted by molar-refractivity contribution is 5.97. The Morgan fingerprint density at radius 2 is 1.07 bits per heavy atom. The van der Waals surface area contributed by atoms with Crippen LogP contribution in [0.3, 0.4) is 0 Å². The van der Waals surface area contributed by atoms with Crippen molar-refractivity contribution in [1.29, 1.82) is 0 Å². The highest BCUT2D eigenvalue weighted by Crippen LogP contribution is 2.22. The number of carbonyl (C=O) groups is 4. The molecule has 2 aliphatic rings. The maximum Gasteiger partial charge on any atom is 0.410 e. The van der Waals surface area contributed by atoms with Gasteiger partial charge in [0.05, 0.1) is 13.2 Å². The summed E-state index contributed by atoms with van der Waals surface area (Å²) in [6.45, 7) is 5.07. The number of nitrogens with zero attached hydrogens (tertiary/aromatic N) is 2. The lowest BCUT2D eigenvalue weighted by molar-refractivity contribution is -0.120. The van der Waals surface area contributed by atoms with Crippen LogP contribution in [0.1, 0.15) is 50.7 Å². The molecule has 10 nitrogen and oxygen atoms in total. The van der Waals surface area contributed by atoms with E-state index in [1.54, 1.807) is 13.8 Å². The summed E-state index contributed by atoms with van der Waals surface area (Å²) >= 11 is 0. The number of rotatable bonds is 8. The molecule has 0 saturated carbocycles. The number of hydrogen-bond donors (Lipinski definition) is 2. The average molecular weight is 549 g/mol. The van der Waals surface area contributed by atoms with Gasteiger partial charge < -0.3 is 20.1 Å². The van der Waals surface area contributed by atoms with Gasteiger partial charge in [0.25, 0.3) is 0 Å². The minimum atomic E-state index is -0.527. The molecule has 2 heterocycles. The maximum atomic E-state index is 12.7. The zero-order chi connectivity index (χ0) is 28.5. The monoisotopic (exact) mass is 548 g/mol. The number of carbonyl (C=O) groups excluding carboxylic acids is 4. The Balaban J connectivity index is 1.29. The van der Waals surface area contributed by atoms with E-state index in [9.17, 15) is 19.2 Å². The molecule has 2 atom stereocenters. The molecule has 2 aliphatic heterocycles. The van der Waals surface area contributed by atoms with Gasteiger partial charge in [-0.15, -0.1) is 0 Å². The minimum absolute atomic E-state index is 0.220. The molecule has 4 rings (SSSR count). The quantitative estimate of drug-likeness (QED) is 0.450. The molecule has 0 aliphatic carbocycles. The van der Waals surface area contributed by atoms with Crippen LogP contribution in [0, 0.1) is 0 Å². The number of hydrogen-bond acceptors (Lipinski definition) is 6. The number of nitrogens with one attached hydrogen (secondary N) is 2. The summed E-state index contributed by atoms with van der Waals surface area (Å²) in [5.74, 6) is -0.440. The lowest BCUT2D eigenvalue weighted by Crippen LogP contribution is -2.43. The normalized spacial score (nSPS) is 18.6. The number of anilines is 2. The van der Waals surface area contributed by atoms with Gasteiger partial charge in [0.2, 0.25) is 11.8 Å². The summed E-state index contributed by atoms with van der Waals surface area (Å²) < 4.78 is 10.1. The smallest absolute Gasteiger partial charge is 0.410 e. The molecule has 2 N–H and O–H groups in total. The molecule has 212 valence electrons. The van der Waals surface area contributed by atoms with E-state index < -0.39 is 24.3 Å². The Hall–Kier alpha value is -4.34. The van der Waals surface area contributed by atoms with E-state index in [-0.39, 0.29) is 25.0 Å². The van der Waals surface area contributed by atoms with E-state index in [2.05, 4.69) is 10.6 Å². The lowest BCUT2D eigenvalue weighted by atomic mass is 10.1. The highest BCUT2D eigenvalue weighted by atomic mass is 16.6. The molecule has 10 heteroatoms. The van der Waals surface area contributed by atoms with E-state index in [0.29, 0.717) is 37.3 Å². The number of benzene rings is 2. The first-order chi connectivity index (χ1) is 19.4. The Morgan fingerprint density at radius 1 is 0.700 bits per heavy atom. The van der Waals surface area contributed by atoms with Crippen molar-refractivity contribution in [2.45, 2.75) is 51.6 Å². The van der Waals surface area contributed by atoms with Crippen LogP contribution in [0.5, 0.6) is 0 Å². The maximum absolute atomic E-state index is 12.7. The van der Waals surface area contributed by atoms with Gasteiger partial charge in [-0.3, -0.25) is 19.4 Å². The first kappa shape index (κ1) is 28.7. The van der Waals surface area contributed by atoms with Crippen LogP contribution in [0.25, 0.3) is 12.2 Å². The molecule has 2 aromatic carbocycles. The van der Waals surface area contributed by atoms with Crippen molar-refractivity contribution in [3.05, 3.63) is 59.7 Å². The Kier molecular flexibility index (Phi) is 9.77. The molecule has 0 radical (unpaired) electrons. The van der Waals surface area contributed by atoms with Crippen molar-refractivity contribution in [3.8, 4) is 0 Å². The lowest BCUT2D eigenvalue weighted by Gasteiger charge is -2.23. The zero-order valence-corrected chi connectivity index (χ0v) is 22.9. The van der Waals surface area contributed by atoms with Crippen molar-refractivity contribution in [3.63, 3.8) is 0 Å². The van der Waals surface area contributed by atoms with Crippen molar-refractivity contribution in [1.82, 2.24) is 9.80 Å². The van der Waals surface area contributed by atoms with E-state index in [1.165, 1.54) is 9.80 Å². The second-order valence-corrected chi connectivity index (χ2v) is 9.66. The first-order valence-corrected chi connectivity index (χ1v) is 13.8.